The Bertz CT molecular complexity index is 897. The van der Waals surface area contributed by atoms with Crippen molar-refractivity contribution in [3.05, 3.63) is 59.7 Å². The Morgan fingerprint density at radius 1 is 0.708 bits per heavy atom. The molecule has 24 heavy (non-hydrogen) atoms. The molecule has 3 aromatic rings. The van der Waals surface area contributed by atoms with Crippen LogP contribution in [0.2, 0.25) is 0 Å². The first kappa shape index (κ1) is 16.0. The number of hydrogen-bond acceptors (Lipinski definition) is 4. The van der Waals surface area contributed by atoms with Crippen molar-refractivity contribution in [3.8, 4) is 11.5 Å². The summed E-state index contributed by atoms with van der Waals surface area (Å²) in [6.45, 7) is 4.11. The van der Waals surface area contributed by atoms with Gasteiger partial charge in [-0.15, -0.1) is 5.11 Å². The number of benzene rings is 3. The highest BCUT2D eigenvalue weighted by molar-refractivity contribution is 5.97. The summed E-state index contributed by atoms with van der Waals surface area (Å²) < 4.78 is 10.8. The van der Waals surface area contributed by atoms with E-state index in [1.807, 2.05) is 42.5 Å². The molecule has 4 heteroatoms. The van der Waals surface area contributed by atoms with Crippen molar-refractivity contribution in [2.45, 2.75) is 13.8 Å². The predicted molar refractivity (Wildman–Crippen MR) is 97.1 cm³/mol. The predicted octanol–water partition coefficient (Wildman–Crippen LogP) is 5.89. The second-order valence-corrected chi connectivity index (χ2v) is 5.74. The summed E-state index contributed by atoms with van der Waals surface area (Å²) in [6, 6.07) is 15.8. The molecule has 0 saturated carbocycles. The monoisotopic (exact) mass is 320 g/mol. The molecule has 0 atom stereocenters. The zero-order valence-electron chi connectivity index (χ0n) is 14.3. The second kappa shape index (κ2) is 6.71. The van der Waals surface area contributed by atoms with E-state index >= 15 is 0 Å². The first-order valence-corrected chi connectivity index (χ1v) is 7.75. The minimum absolute atomic E-state index is 0.782. The Kier molecular flexibility index (Phi) is 4.47. The van der Waals surface area contributed by atoms with Crippen LogP contribution in [0.5, 0.6) is 11.5 Å². The van der Waals surface area contributed by atoms with Gasteiger partial charge in [0.15, 0.2) is 0 Å². The standard InChI is InChI=1S/C20H20N2O2/c1-13-9-14(2)11-15(10-13)21-22-19-7-8-20(24-4)18-12-16(23-3)5-6-17(18)19/h5-12H,1-4H3. The van der Waals surface area contributed by atoms with Crippen LogP contribution in [0.1, 0.15) is 11.1 Å². The average Bonchev–Trinajstić information content (AvgIpc) is 2.58. The Hall–Kier alpha value is -2.88. The van der Waals surface area contributed by atoms with Crippen molar-refractivity contribution in [1.29, 1.82) is 0 Å². The second-order valence-electron chi connectivity index (χ2n) is 5.74. The van der Waals surface area contributed by atoms with Crippen LogP contribution in [-0.2, 0) is 0 Å². The molecule has 0 spiro atoms. The van der Waals surface area contributed by atoms with Gasteiger partial charge in [0.05, 0.1) is 25.6 Å². The Morgan fingerprint density at radius 2 is 1.46 bits per heavy atom. The number of rotatable bonds is 4. The van der Waals surface area contributed by atoms with Gasteiger partial charge < -0.3 is 9.47 Å². The molecule has 3 aromatic carbocycles. The normalized spacial score (nSPS) is 11.2. The maximum atomic E-state index is 5.45. The quantitative estimate of drug-likeness (QED) is 0.563. The van der Waals surface area contributed by atoms with Gasteiger partial charge >= 0.3 is 0 Å². The lowest BCUT2D eigenvalue weighted by molar-refractivity contribution is 0.412. The largest absolute Gasteiger partial charge is 0.497 e. The summed E-state index contributed by atoms with van der Waals surface area (Å²) >= 11 is 0. The average molecular weight is 320 g/mol. The number of aryl methyl sites for hydroxylation is 2. The van der Waals surface area contributed by atoms with Gasteiger partial charge in [-0.2, -0.15) is 5.11 Å². The number of methoxy groups -OCH3 is 2. The Morgan fingerprint density at radius 3 is 2.12 bits per heavy atom. The number of ether oxygens (including phenoxy) is 2. The van der Waals surface area contributed by atoms with E-state index < -0.39 is 0 Å². The number of nitrogens with zero attached hydrogens (tertiary/aromatic N) is 2. The van der Waals surface area contributed by atoms with Crippen LogP contribution >= 0.6 is 0 Å². The fourth-order valence-corrected chi connectivity index (χ4v) is 2.80. The van der Waals surface area contributed by atoms with Crippen molar-refractivity contribution in [2.24, 2.45) is 10.2 Å². The lowest BCUT2D eigenvalue weighted by atomic mass is 10.1. The van der Waals surface area contributed by atoms with Crippen LogP contribution in [0.4, 0.5) is 11.4 Å². The molecule has 0 aliphatic heterocycles. The Labute approximate surface area is 141 Å². The molecule has 0 amide bonds. The summed E-state index contributed by atoms with van der Waals surface area (Å²) in [5.41, 5.74) is 4.00. The van der Waals surface area contributed by atoms with Crippen LogP contribution in [0.3, 0.4) is 0 Å². The van der Waals surface area contributed by atoms with Gasteiger partial charge in [-0.1, -0.05) is 6.07 Å². The van der Waals surface area contributed by atoms with Crippen molar-refractivity contribution < 1.29 is 9.47 Å². The molecule has 0 unspecified atom stereocenters. The molecule has 0 N–H and O–H groups in total. The smallest absolute Gasteiger partial charge is 0.126 e. The molecule has 0 aromatic heterocycles. The number of azo groups is 1. The lowest BCUT2D eigenvalue weighted by Crippen LogP contribution is -1.87. The maximum absolute atomic E-state index is 5.45. The fourth-order valence-electron chi connectivity index (χ4n) is 2.80. The third kappa shape index (κ3) is 3.23. The van der Waals surface area contributed by atoms with E-state index in [1.54, 1.807) is 14.2 Å². The van der Waals surface area contributed by atoms with Crippen molar-refractivity contribution in [3.63, 3.8) is 0 Å². The highest BCUT2D eigenvalue weighted by Crippen LogP contribution is 2.36. The lowest BCUT2D eigenvalue weighted by Gasteiger charge is -2.09. The number of hydrogen-bond donors (Lipinski definition) is 0. The fraction of sp³-hybridized carbons (Fsp3) is 0.200. The van der Waals surface area contributed by atoms with Crippen LogP contribution in [-0.4, -0.2) is 14.2 Å². The topological polar surface area (TPSA) is 43.2 Å². The van der Waals surface area contributed by atoms with E-state index in [0.717, 1.165) is 33.6 Å². The molecule has 0 aliphatic carbocycles. The van der Waals surface area contributed by atoms with E-state index in [4.69, 9.17) is 9.47 Å². The first-order chi connectivity index (χ1) is 11.6. The van der Waals surface area contributed by atoms with Gasteiger partial charge in [-0.3, -0.25) is 0 Å². The SMILES string of the molecule is COc1ccc2c(N=Nc3cc(C)cc(C)c3)ccc(OC)c2c1. The molecule has 4 nitrogen and oxygen atoms in total. The van der Waals surface area contributed by atoms with Gasteiger partial charge in [-0.25, -0.2) is 0 Å². The van der Waals surface area contributed by atoms with Crippen LogP contribution in [0.25, 0.3) is 10.8 Å². The molecular weight excluding hydrogens is 300 g/mol. The van der Waals surface area contributed by atoms with E-state index in [2.05, 4.69) is 30.1 Å². The maximum Gasteiger partial charge on any atom is 0.126 e. The van der Waals surface area contributed by atoms with Gasteiger partial charge in [0, 0.05) is 10.8 Å². The third-order valence-corrected chi connectivity index (χ3v) is 3.86. The molecular formula is C20H20N2O2. The van der Waals surface area contributed by atoms with Gasteiger partial charge in [-0.05, 0) is 67.4 Å². The summed E-state index contributed by atoms with van der Waals surface area (Å²) in [5, 5.41) is 10.8. The zero-order valence-corrected chi connectivity index (χ0v) is 14.3. The molecule has 0 fully saturated rings. The minimum atomic E-state index is 0.782. The molecule has 0 aliphatic rings. The summed E-state index contributed by atoms with van der Waals surface area (Å²) in [5.74, 6) is 1.57. The highest BCUT2D eigenvalue weighted by Gasteiger charge is 2.08. The molecule has 0 saturated heterocycles. The van der Waals surface area contributed by atoms with Crippen molar-refractivity contribution in [1.82, 2.24) is 0 Å². The van der Waals surface area contributed by atoms with Crippen molar-refractivity contribution >= 4 is 22.1 Å². The van der Waals surface area contributed by atoms with E-state index in [1.165, 1.54) is 11.1 Å². The molecule has 0 heterocycles. The van der Waals surface area contributed by atoms with Crippen LogP contribution < -0.4 is 9.47 Å². The van der Waals surface area contributed by atoms with Gasteiger partial charge in [0.1, 0.15) is 11.5 Å². The van der Waals surface area contributed by atoms with E-state index in [-0.39, 0.29) is 0 Å². The molecule has 0 bridgehead atoms. The van der Waals surface area contributed by atoms with Crippen LogP contribution in [0.15, 0.2) is 58.8 Å². The summed E-state index contributed by atoms with van der Waals surface area (Å²) in [6.07, 6.45) is 0. The first-order valence-electron chi connectivity index (χ1n) is 7.75. The molecule has 0 radical (unpaired) electrons. The Balaban J connectivity index is 2.07. The van der Waals surface area contributed by atoms with E-state index in [0.29, 0.717) is 0 Å². The van der Waals surface area contributed by atoms with Crippen molar-refractivity contribution in [2.75, 3.05) is 14.2 Å². The number of fused-ring (bicyclic) bond motifs is 1. The summed E-state index contributed by atoms with van der Waals surface area (Å²) in [4.78, 5) is 0. The van der Waals surface area contributed by atoms with Crippen LogP contribution in [0, 0.1) is 13.8 Å². The highest BCUT2D eigenvalue weighted by atomic mass is 16.5. The molecule has 122 valence electrons. The van der Waals surface area contributed by atoms with Gasteiger partial charge in [0.25, 0.3) is 0 Å². The van der Waals surface area contributed by atoms with E-state index in [9.17, 15) is 0 Å². The summed E-state index contributed by atoms with van der Waals surface area (Å²) in [7, 11) is 3.31. The molecule has 3 rings (SSSR count). The third-order valence-electron chi connectivity index (χ3n) is 3.86. The minimum Gasteiger partial charge on any atom is -0.497 e. The zero-order chi connectivity index (χ0) is 17.1. The van der Waals surface area contributed by atoms with Gasteiger partial charge in [0.2, 0.25) is 0 Å².